The first-order valence-corrected chi connectivity index (χ1v) is 13.1. The van der Waals surface area contributed by atoms with Crippen LogP contribution in [0.2, 0.25) is 0 Å². The highest BCUT2D eigenvalue weighted by Gasteiger charge is 2.45. The SMILES string of the molecule is CC(C)c1ccc(B(O)O)c(C#N)c1[Si](c1ccccc1)(c1ccccc1)c1ccccc1. The van der Waals surface area contributed by atoms with Gasteiger partial charge in [0.05, 0.1) is 11.6 Å². The first-order valence-electron chi connectivity index (χ1n) is 11.1. The lowest BCUT2D eigenvalue weighted by atomic mass is 9.76. The van der Waals surface area contributed by atoms with Gasteiger partial charge in [-0.15, -0.1) is 0 Å². The second-order valence-electron chi connectivity index (χ2n) is 8.48. The summed E-state index contributed by atoms with van der Waals surface area (Å²) in [5.74, 6) is 0.139. The lowest BCUT2D eigenvalue weighted by Crippen LogP contribution is -2.76. The van der Waals surface area contributed by atoms with Gasteiger partial charge in [0.25, 0.3) is 0 Å². The number of hydrogen-bond acceptors (Lipinski definition) is 3. The Hall–Kier alpha value is -3.43. The van der Waals surface area contributed by atoms with Crippen molar-refractivity contribution in [3.63, 3.8) is 0 Å². The Kier molecular flexibility index (Phi) is 6.62. The molecule has 0 spiro atoms. The molecule has 0 radical (unpaired) electrons. The van der Waals surface area contributed by atoms with E-state index in [9.17, 15) is 15.3 Å². The largest absolute Gasteiger partial charge is 0.489 e. The van der Waals surface area contributed by atoms with Crippen molar-refractivity contribution in [2.45, 2.75) is 19.8 Å². The third kappa shape index (κ3) is 3.94. The molecule has 0 saturated heterocycles. The normalized spacial score (nSPS) is 11.3. The van der Waals surface area contributed by atoms with Gasteiger partial charge in [0, 0.05) is 0 Å². The molecule has 4 aromatic rings. The Labute approximate surface area is 196 Å². The summed E-state index contributed by atoms with van der Waals surface area (Å²) in [6, 6.07) is 37.1. The second kappa shape index (κ2) is 9.60. The van der Waals surface area contributed by atoms with Crippen LogP contribution in [0.25, 0.3) is 0 Å². The highest BCUT2D eigenvalue weighted by Crippen LogP contribution is 2.20. The number of rotatable bonds is 6. The molecule has 5 heteroatoms. The summed E-state index contributed by atoms with van der Waals surface area (Å²) < 4.78 is 0. The molecule has 3 nitrogen and oxygen atoms in total. The zero-order valence-corrected chi connectivity index (χ0v) is 19.8. The van der Waals surface area contributed by atoms with Crippen LogP contribution >= 0.6 is 0 Å². The topological polar surface area (TPSA) is 64.2 Å². The lowest BCUT2D eigenvalue weighted by molar-refractivity contribution is 0.425. The van der Waals surface area contributed by atoms with Crippen molar-refractivity contribution < 1.29 is 10.0 Å². The molecular weight excluding hydrogens is 421 g/mol. The van der Waals surface area contributed by atoms with Gasteiger partial charge in [0.2, 0.25) is 0 Å². The number of hydrogen-bond donors (Lipinski definition) is 2. The van der Waals surface area contributed by atoms with E-state index in [4.69, 9.17) is 0 Å². The standard InChI is InChI=1S/C28H26BNO2Si/c1-21(2)25-18-19-27(29(31)32)26(20-30)28(25)33(22-12-6-3-7-13-22,23-14-8-4-9-15-23)24-16-10-5-11-17-24/h3-19,21,31-32H,1-2H3. The maximum atomic E-state index is 10.4. The second-order valence-corrected chi connectivity index (χ2v) is 12.2. The summed E-state index contributed by atoms with van der Waals surface area (Å²) in [4.78, 5) is 0. The van der Waals surface area contributed by atoms with E-state index in [0.29, 0.717) is 5.56 Å². The molecule has 0 aromatic heterocycles. The van der Waals surface area contributed by atoms with Gasteiger partial charge >= 0.3 is 7.12 Å². The molecule has 0 amide bonds. The molecule has 4 aromatic carbocycles. The van der Waals surface area contributed by atoms with Crippen molar-refractivity contribution in [1.29, 1.82) is 5.26 Å². The summed E-state index contributed by atoms with van der Waals surface area (Å²) in [6.07, 6.45) is 0. The highest BCUT2D eigenvalue weighted by molar-refractivity contribution is 7.20. The van der Waals surface area contributed by atoms with E-state index >= 15 is 0 Å². The Morgan fingerprint density at radius 1 is 0.697 bits per heavy atom. The van der Waals surface area contributed by atoms with Gasteiger partial charge in [-0.25, -0.2) is 0 Å². The minimum absolute atomic E-state index is 0.139. The minimum atomic E-state index is -2.99. The van der Waals surface area contributed by atoms with Gasteiger partial charge in [-0.05, 0) is 37.7 Å². The third-order valence-electron chi connectivity index (χ3n) is 6.28. The van der Waals surface area contributed by atoms with Gasteiger partial charge in [-0.3, -0.25) is 0 Å². The first kappa shape index (κ1) is 22.8. The van der Waals surface area contributed by atoms with E-state index in [1.165, 1.54) is 0 Å². The van der Waals surface area contributed by atoms with Crippen molar-refractivity contribution in [2.75, 3.05) is 0 Å². The Morgan fingerprint density at radius 2 is 1.12 bits per heavy atom. The molecule has 0 aliphatic rings. The fourth-order valence-electron chi connectivity index (χ4n) is 4.85. The van der Waals surface area contributed by atoms with E-state index < -0.39 is 15.2 Å². The van der Waals surface area contributed by atoms with Gasteiger partial charge in [-0.1, -0.05) is 117 Å². The van der Waals surface area contributed by atoms with Crippen molar-refractivity contribution in [1.82, 2.24) is 0 Å². The number of nitrogens with zero attached hydrogens (tertiary/aromatic N) is 1. The number of benzene rings is 4. The Balaban J connectivity index is 2.30. The molecule has 2 N–H and O–H groups in total. The molecule has 0 unspecified atom stereocenters. The van der Waals surface area contributed by atoms with Gasteiger partial charge < -0.3 is 10.0 Å². The van der Waals surface area contributed by atoms with Crippen LogP contribution in [0.1, 0.15) is 30.9 Å². The molecule has 0 atom stereocenters. The predicted molar refractivity (Wildman–Crippen MR) is 139 cm³/mol. The summed E-state index contributed by atoms with van der Waals surface area (Å²) >= 11 is 0. The maximum absolute atomic E-state index is 10.4. The van der Waals surface area contributed by atoms with Crippen LogP contribution in [-0.4, -0.2) is 25.2 Å². The average molecular weight is 447 g/mol. The molecule has 0 bridgehead atoms. The van der Waals surface area contributed by atoms with Crippen LogP contribution in [0, 0.1) is 11.3 Å². The molecule has 0 fully saturated rings. The summed E-state index contributed by atoms with van der Waals surface area (Å²) in [5, 5.41) is 35.1. The van der Waals surface area contributed by atoms with Crippen LogP contribution in [0.5, 0.6) is 0 Å². The molecular formula is C28H26BNO2Si. The zero-order chi connectivity index (χ0) is 23.4. The Morgan fingerprint density at radius 3 is 1.45 bits per heavy atom. The van der Waals surface area contributed by atoms with Crippen molar-refractivity contribution in [3.05, 3.63) is 114 Å². The van der Waals surface area contributed by atoms with Crippen molar-refractivity contribution in [2.24, 2.45) is 0 Å². The molecule has 0 aliphatic carbocycles. The zero-order valence-electron chi connectivity index (χ0n) is 18.8. The van der Waals surface area contributed by atoms with E-state index in [1.54, 1.807) is 6.07 Å². The quantitative estimate of drug-likeness (QED) is 0.350. The summed E-state index contributed by atoms with van der Waals surface area (Å²) in [6.45, 7) is 4.24. The van der Waals surface area contributed by atoms with E-state index in [2.05, 4.69) is 56.3 Å². The summed E-state index contributed by atoms with van der Waals surface area (Å²) in [5.41, 5.74) is 1.66. The van der Waals surface area contributed by atoms with Crippen molar-refractivity contribution in [3.8, 4) is 6.07 Å². The number of nitriles is 1. The average Bonchev–Trinajstić information content (AvgIpc) is 2.86. The molecule has 162 valence electrons. The smallest absolute Gasteiger partial charge is 0.423 e. The predicted octanol–water partition coefficient (Wildman–Crippen LogP) is 1.74. The molecule has 33 heavy (non-hydrogen) atoms. The maximum Gasteiger partial charge on any atom is 0.489 e. The molecule has 0 saturated carbocycles. The fourth-order valence-corrected chi connectivity index (χ4v) is 10.2. The molecule has 0 heterocycles. The molecule has 0 aliphatic heterocycles. The van der Waals surface area contributed by atoms with Gasteiger partial charge in [-0.2, -0.15) is 5.26 Å². The molecule has 4 rings (SSSR count). The van der Waals surface area contributed by atoms with Gasteiger partial charge in [0.1, 0.15) is 0 Å². The van der Waals surface area contributed by atoms with Crippen LogP contribution in [-0.2, 0) is 0 Å². The van der Waals surface area contributed by atoms with Crippen LogP contribution in [0.4, 0.5) is 0 Å². The van der Waals surface area contributed by atoms with Crippen LogP contribution in [0.3, 0.4) is 0 Å². The van der Waals surface area contributed by atoms with Crippen LogP contribution in [0.15, 0.2) is 103 Å². The van der Waals surface area contributed by atoms with Crippen molar-refractivity contribution >= 4 is 41.4 Å². The minimum Gasteiger partial charge on any atom is -0.423 e. The Bertz CT molecular complexity index is 1170. The third-order valence-corrected chi connectivity index (χ3v) is 11.2. The fraction of sp³-hybridized carbons (Fsp3) is 0.107. The highest BCUT2D eigenvalue weighted by atomic mass is 28.3. The summed E-state index contributed by atoms with van der Waals surface area (Å²) in [7, 11) is -4.72. The monoisotopic (exact) mass is 447 g/mol. The van der Waals surface area contributed by atoms with E-state index in [0.717, 1.165) is 26.3 Å². The van der Waals surface area contributed by atoms with Gasteiger partial charge in [0.15, 0.2) is 8.07 Å². The van der Waals surface area contributed by atoms with E-state index in [-0.39, 0.29) is 11.4 Å². The lowest BCUT2D eigenvalue weighted by Gasteiger charge is -2.37. The van der Waals surface area contributed by atoms with Crippen LogP contribution < -0.4 is 26.2 Å². The van der Waals surface area contributed by atoms with E-state index in [1.807, 2.05) is 60.7 Å². The first-order chi connectivity index (χ1) is 16.0.